The number of hydrogen-bond donors (Lipinski definition) is 10. The van der Waals surface area contributed by atoms with Crippen LogP contribution in [0.4, 0.5) is 0 Å². The van der Waals surface area contributed by atoms with Crippen molar-refractivity contribution < 1.29 is 48.3 Å². The number of nitrogens with one attached hydrogen (secondary N) is 8. The van der Waals surface area contributed by atoms with E-state index in [0.717, 1.165) is 0 Å². The molecule has 6 atom stereocenters. The monoisotopic (exact) mass is 805 g/mol. The maximum atomic E-state index is 14.1. The van der Waals surface area contributed by atoms with Gasteiger partial charge in [0.05, 0.1) is 19.5 Å². The van der Waals surface area contributed by atoms with Gasteiger partial charge in [0.2, 0.25) is 47.3 Å². The van der Waals surface area contributed by atoms with Crippen molar-refractivity contribution in [1.29, 1.82) is 5.41 Å². The Kier molecular flexibility index (Phi) is 17.5. The molecule has 0 unspecified atom stereocenters. The highest BCUT2D eigenvalue weighted by Gasteiger charge is 2.44. The molecular weight excluding hydrogens is 746 g/mol. The summed E-state index contributed by atoms with van der Waals surface area (Å²) in [5, 5.41) is 34.6. The van der Waals surface area contributed by atoms with Gasteiger partial charge in [-0.3, -0.25) is 48.6 Å². The molecule has 0 bridgehead atoms. The number of carboxylic acid groups (broad SMARTS) is 1. The molecule has 21 nitrogen and oxygen atoms in total. The average molecular weight is 806 g/mol. The minimum Gasteiger partial charge on any atom is -0.481 e. The Morgan fingerprint density at radius 1 is 0.719 bits per heavy atom. The molecule has 8 amide bonds. The predicted octanol–water partition coefficient (Wildman–Crippen LogP) is -3.02. The third-order valence-electron chi connectivity index (χ3n) is 9.83. The van der Waals surface area contributed by atoms with Crippen LogP contribution in [0, 0.1) is 17.2 Å². The normalized spacial score (nSPS) is 26.4. The Morgan fingerprint density at radius 3 is 1.81 bits per heavy atom. The summed E-state index contributed by atoms with van der Waals surface area (Å²) in [4.78, 5) is 123. The fourth-order valence-electron chi connectivity index (χ4n) is 7.17. The van der Waals surface area contributed by atoms with Crippen molar-refractivity contribution in [3.8, 4) is 0 Å². The summed E-state index contributed by atoms with van der Waals surface area (Å²) < 4.78 is 0. The number of carbonyl (C=O) groups is 9. The fraction of sp³-hybridized carbons (Fsp3) is 0.722. The maximum absolute atomic E-state index is 14.1. The summed E-state index contributed by atoms with van der Waals surface area (Å²) in [7, 11) is 0. The number of carbonyl (C=O) groups excluding carboxylic acids is 8. The zero-order valence-corrected chi connectivity index (χ0v) is 33.1. The summed E-state index contributed by atoms with van der Waals surface area (Å²) in [6.45, 7) is 6.61. The number of carboxylic acids is 1. The van der Waals surface area contributed by atoms with Gasteiger partial charge in [-0.15, -0.1) is 0 Å². The number of hydrogen-bond acceptors (Lipinski definition) is 10. The molecule has 0 aromatic rings. The molecule has 0 radical (unpaired) electrons. The molecule has 318 valence electrons. The third kappa shape index (κ3) is 14.2. The van der Waals surface area contributed by atoms with Crippen LogP contribution in [-0.2, 0) is 43.2 Å². The summed E-state index contributed by atoms with van der Waals surface area (Å²) in [6.07, 6.45) is 1.23. The molecule has 0 aromatic heterocycles. The van der Waals surface area contributed by atoms with E-state index in [-0.39, 0.29) is 63.1 Å². The number of amides is 8. The molecule has 3 heterocycles. The van der Waals surface area contributed by atoms with Crippen LogP contribution < -0.4 is 43.0 Å². The third-order valence-corrected chi connectivity index (χ3v) is 9.83. The summed E-state index contributed by atoms with van der Waals surface area (Å²) in [6, 6.07) is -7.10. The highest BCUT2D eigenvalue weighted by atomic mass is 16.4. The minimum atomic E-state index is -1.66. The van der Waals surface area contributed by atoms with E-state index in [2.05, 4.69) is 37.2 Å². The first-order chi connectivity index (χ1) is 26.9. The van der Waals surface area contributed by atoms with Gasteiger partial charge in [-0.1, -0.05) is 27.7 Å². The summed E-state index contributed by atoms with van der Waals surface area (Å²) in [5.74, 6) is -7.73. The van der Waals surface area contributed by atoms with Crippen LogP contribution in [0.15, 0.2) is 0 Å². The van der Waals surface area contributed by atoms with Gasteiger partial charge in [0, 0.05) is 19.6 Å². The van der Waals surface area contributed by atoms with Crippen LogP contribution in [0.2, 0.25) is 0 Å². The van der Waals surface area contributed by atoms with Crippen molar-refractivity contribution in [2.24, 2.45) is 17.6 Å². The molecule has 0 spiro atoms. The quantitative estimate of drug-likeness (QED) is 0.0600. The van der Waals surface area contributed by atoms with Crippen LogP contribution in [0.25, 0.3) is 0 Å². The van der Waals surface area contributed by atoms with Crippen molar-refractivity contribution in [2.75, 3.05) is 32.7 Å². The Labute approximate surface area is 331 Å². The van der Waals surface area contributed by atoms with E-state index >= 15 is 0 Å². The van der Waals surface area contributed by atoms with Gasteiger partial charge in [0.1, 0.15) is 36.3 Å². The second-order valence-electron chi connectivity index (χ2n) is 15.5. The zero-order valence-electron chi connectivity index (χ0n) is 33.1. The van der Waals surface area contributed by atoms with Crippen molar-refractivity contribution in [3.63, 3.8) is 0 Å². The topological polar surface area (TPSA) is 314 Å². The lowest BCUT2D eigenvalue weighted by atomic mass is 10.0. The van der Waals surface area contributed by atoms with E-state index in [1.807, 2.05) is 27.7 Å². The highest BCUT2D eigenvalue weighted by Crippen LogP contribution is 2.26. The van der Waals surface area contributed by atoms with Crippen LogP contribution in [0.1, 0.15) is 85.5 Å². The molecule has 0 aromatic carbocycles. The number of aliphatic carboxylic acids is 1. The largest absolute Gasteiger partial charge is 0.481 e. The molecule has 57 heavy (non-hydrogen) atoms. The molecule has 3 fully saturated rings. The smallest absolute Gasteiger partial charge is 0.305 e. The fourth-order valence-corrected chi connectivity index (χ4v) is 7.17. The minimum absolute atomic E-state index is 0.00166. The van der Waals surface area contributed by atoms with E-state index < -0.39 is 109 Å². The lowest BCUT2D eigenvalue weighted by Gasteiger charge is -2.33. The molecule has 0 saturated carbocycles. The van der Waals surface area contributed by atoms with Gasteiger partial charge in [0.15, 0.2) is 5.96 Å². The Balaban J connectivity index is 1.97. The van der Waals surface area contributed by atoms with Crippen molar-refractivity contribution >= 4 is 59.2 Å². The maximum Gasteiger partial charge on any atom is 0.305 e. The van der Waals surface area contributed by atoms with E-state index in [1.165, 1.54) is 9.80 Å². The highest BCUT2D eigenvalue weighted by molar-refractivity contribution is 5.98. The van der Waals surface area contributed by atoms with Gasteiger partial charge in [-0.05, 0) is 63.2 Å². The second kappa shape index (κ2) is 21.7. The van der Waals surface area contributed by atoms with E-state index in [9.17, 15) is 48.3 Å². The first-order valence-corrected chi connectivity index (χ1v) is 19.5. The Morgan fingerprint density at radius 2 is 1.23 bits per heavy atom. The lowest BCUT2D eigenvalue weighted by molar-refractivity contribution is -0.148. The molecular formula is C36H59N11O10. The lowest BCUT2D eigenvalue weighted by Crippen LogP contribution is -2.59. The van der Waals surface area contributed by atoms with E-state index in [0.29, 0.717) is 25.7 Å². The molecule has 0 aliphatic carbocycles. The molecule has 3 saturated heterocycles. The summed E-state index contributed by atoms with van der Waals surface area (Å²) in [5.41, 5.74) is 5.35. The number of guanidine groups is 1. The number of rotatable bonds is 10. The van der Waals surface area contributed by atoms with Crippen LogP contribution >= 0.6 is 0 Å². The van der Waals surface area contributed by atoms with Crippen LogP contribution in [-0.4, -0.2) is 143 Å². The number of nitrogens with two attached hydrogens (primary N) is 1. The van der Waals surface area contributed by atoms with Crippen molar-refractivity contribution in [2.45, 2.75) is 122 Å². The number of fused-ring (bicyclic) bond motifs is 2. The first kappa shape index (κ1) is 45.9. The van der Waals surface area contributed by atoms with E-state index in [1.54, 1.807) is 0 Å². The standard InChI is InChI=1S/C36H59N11O10/c1-19(2)14-22-31(53)44-21(8-5-11-39-36(37)38)30(52)40-17-27(48)43-23(16-29(50)51)32(54)45-24(15-20(3)4)34(56)47-13-7-10-26(47)35(57)46-12-6-9-25(46)33(55)41-18-28(49)42-22/h19-26H,5-18H2,1-4H3,(H,40,52)(H,41,55)(H,42,49)(H,43,48)(H,44,53)(H,45,54)(H,50,51)(H4,37,38,39)/t21-,22-,23-,24-,25-,26-/m0/s1. The molecule has 3 rings (SSSR count). The first-order valence-electron chi connectivity index (χ1n) is 19.5. The Hall–Kier alpha value is -5.50. The van der Waals surface area contributed by atoms with Crippen LogP contribution in [0.3, 0.4) is 0 Å². The molecule has 11 N–H and O–H groups in total. The van der Waals surface area contributed by atoms with Crippen molar-refractivity contribution in [1.82, 2.24) is 47.0 Å². The average Bonchev–Trinajstić information content (AvgIpc) is 3.83. The summed E-state index contributed by atoms with van der Waals surface area (Å²) >= 11 is 0. The molecule has 3 aliphatic heterocycles. The Bertz CT molecular complexity index is 1540. The van der Waals surface area contributed by atoms with Gasteiger partial charge >= 0.3 is 5.97 Å². The molecule has 3 aliphatic rings. The van der Waals surface area contributed by atoms with Gasteiger partial charge in [-0.2, -0.15) is 0 Å². The number of nitrogens with zero attached hydrogens (tertiary/aromatic N) is 2. The SMILES string of the molecule is CC(C)C[C@@H]1NC(=O)CNC(=O)[C@@H]2CCCN2C(=O)[C@@H]2CCCN2C(=O)[C@H](CC(C)C)NC(=O)[C@H](CC(=O)O)NC(=O)CNC(=O)[C@H](CCCNC(=N)N)NC1=O. The van der Waals surface area contributed by atoms with Crippen LogP contribution in [0.5, 0.6) is 0 Å². The van der Waals surface area contributed by atoms with Gasteiger partial charge in [-0.25, -0.2) is 0 Å². The predicted molar refractivity (Wildman–Crippen MR) is 204 cm³/mol. The van der Waals surface area contributed by atoms with Gasteiger partial charge in [0.25, 0.3) is 0 Å². The van der Waals surface area contributed by atoms with Gasteiger partial charge < -0.3 is 57.9 Å². The van der Waals surface area contributed by atoms with Crippen molar-refractivity contribution in [3.05, 3.63) is 0 Å². The second-order valence-corrected chi connectivity index (χ2v) is 15.5. The van der Waals surface area contributed by atoms with E-state index in [4.69, 9.17) is 11.1 Å². The zero-order chi connectivity index (χ0) is 42.4. The molecule has 21 heteroatoms.